The van der Waals surface area contributed by atoms with Gasteiger partial charge in [-0.1, -0.05) is 0 Å². The molecule has 0 saturated carbocycles. The number of carbonyl (C=O) groups is 1. The summed E-state index contributed by atoms with van der Waals surface area (Å²) in [6, 6.07) is 0.0236. The van der Waals surface area contributed by atoms with Crippen molar-refractivity contribution >= 4 is 5.91 Å². The number of nitrogens with zero attached hydrogens (tertiary/aromatic N) is 1. The van der Waals surface area contributed by atoms with Gasteiger partial charge in [0.2, 0.25) is 0 Å². The van der Waals surface area contributed by atoms with Crippen LogP contribution in [0.15, 0.2) is 0 Å². The van der Waals surface area contributed by atoms with E-state index < -0.39 is 0 Å². The molecule has 4 heteroatoms. The first-order valence-electron chi connectivity index (χ1n) is 5.86. The van der Waals surface area contributed by atoms with Crippen molar-refractivity contribution in [2.75, 3.05) is 19.8 Å². The van der Waals surface area contributed by atoms with Gasteiger partial charge < -0.3 is 14.7 Å². The quantitative estimate of drug-likeness (QED) is 0.728. The van der Waals surface area contributed by atoms with E-state index in [1.807, 2.05) is 4.90 Å². The van der Waals surface area contributed by atoms with Gasteiger partial charge >= 0.3 is 0 Å². The molecule has 2 fully saturated rings. The summed E-state index contributed by atoms with van der Waals surface area (Å²) in [5, 5.41) is 9.22. The normalized spacial score (nSPS) is 31.9. The van der Waals surface area contributed by atoms with Crippen LogP contribution in [0.3, 0.4) is 0 Å². The molecule has 0 bridgehead atoms. The SMILES string of the molecule is O=C(C1CCCO1)N1CCCCC1CO. The second kappa shape index (κ2) is 4.94. The van der Waals surface area contributed by atoms with E-state index in [-0.39, 0.29) is 24.7 Å². The zero-order valence-corrected chi connectivity index (χ0v) is 9.02. The van der Waals surface area contributed by atoms with Crippen molar-refractivity contribution in [3.8, 4) is 0 Å². The molecule has 0 aromatic heterocycles. The minimum Gasteiger partial charge on any atom is -0.394 e. The van der Waals surface area contributed by atoms with Gasteiger partial charge in [0.25, 0.3) is 5.91 Å². The Morgan fingerprint density at radius 2 is 2.20 bits per heavy atom. The van der Waals surface area contributed by atoms with Crippen molar-refractivity contribution < 1.29 is 14.6 Å². The second-order valence-electron chi connectivity index (χ2n) is 4.37. The number of likely N-dealkylation sites (tertiary alicyclic amines) is 1. The van der Waals surface area contributed by atoms with Crippen molar-refractivity contribution in [2.24, 2.45) is 0 Å². The van der Waals surface area contributed by atoms with E-state index >= 15 is 0 Å². The molecule has 2 atom stereocenters. The molecular weight excluding hydrogens is 194 g/mol. The molecule has 0 radical (unpaired) electrons. The zero-order chi connectivity index (χ0) is 10.7. The molecule has 2 saturated heterocycles. The van der Waals surface area contributed by atoms with Crippen LogP contribution in [0.2, 0.25) is 0 Å². The highest BCUT2D eigenvalue weighted by Crippen LogP contribution is 2.21. The monoisotopic (exact) mass is 213 g/mol. The molecule has 2 heterocycles. The van der Waals surface area contributed by atoms with Crippen molar-refractivity contribution in [1.82, 2.24) is 4.90 Å². The number of aliphatic hydroxyl groups is 1. The lowest BCUT2D eigenvalue weighted by molar-refractivity contribution is -0.145. The Kier molecular flexibility index (Phi) is 3.59. The summed E-state index contributed by atoms with van der Waals surface area (Å²) in [5.74, 6) is 0.0891. The fourth-order valence-corrected chi connectivity index (χ4v) is 2.44. The van der Waals surface area contributed by atoms with E-state index in [1.54, 1.807) is 0 Å². The smallest absolute Gasteiger partial charge is 0.252 e. The first kappa shape index (κ1) is 10.9. The average molecular weight is 213 g/mol. The lowest BCUT2D eigenvalue weighted by Crippen LogP contribution is -2.49. The van der Waals surface area contributed by atoms with Crippen LogP contribution >= 0.6 is 0 Å². The number of hydrogen-bond donors (Lipinski definition) is 1. The molecule has 1 N–H and O–H groups in total. The van der Waals surface area contributed by atoms with Gasteiger partial charge in [0.15, 0.2) is 0 Å². The summed E-state index contributed by atoms with van der Waals surface area (Å²) >= 11 is 0. The summed E-state index contributed by atoms with van der Waals surface area (Å²) in [4.78, 5) is 13.9. The first-order chi connectivity index (χ1) is 7.33. The van der Waals surface area contributed by atoms with Crippen LogP contribution in [-0.2, 0) is 9.53 Å². The van der Waals surface area contributed by atoms with E-state index in [2.05, 4.69) is 0 Å². The molecule has 2 rings (SSSR count). The van der Waals surface area contributed by atoms with Gasteiger partial charge in [0.05, 0.1) is 12.6 Å². The third kappa shape index (κ3) is 2.32. The molecule has 2 unspecified atom stereocenters. The van der Waals surface area contributed by atoms with Gasteiger partial charge in [-0.3, -0.25) is 4.79 Å². The standard InChI is InChI=1S/C11H19NO3/c13-8-9-4-1-2-6-12(9)11(14)10-5-3-7-15-10/h9-10,13H,1-8H2. The summed E-state index contributed by atoms with van der Waals surface area (Å²) in [5.41, 5.74) is 0. The highest BCUT2D eigenvalue weighted by molar-refractivity contribution is 5.81. The lowest BCUT2D eigenvalue weighted by atomic mass is 10.0. The summed E-state index contributed by atoms with van der Waals surface area (Å²) in [6.07, 6.45) is 4.67. The van der Waals surface area contributed by atoms with Gasteiger partial charge in [-0.2, -0.15) is 0 Å². The van der Waals surface area contributed by atoms with Crippen LogP contribution in [0, 0.1) is 0 Å². The predicted octanol–water partition coefficient (Wildman–Crippen LogP) is 0.539. The van der Waals surface area contributed by atoms with Crippen LogP contribution < -0.4 is 0 Å². The molecule has 0 aromatic carbocycles. The maximum atomic E-state index is 12.1. The molecule has 4 nitrogen and oxygen atoms in total. The Balaban J connectivity index is 1.96. The van der Waals surface area contributed by atoms with E-state index in [1.165, 1.54) is 0 Å². The number of amides is 1. The fourth-order valence-electron chi connectivity index (χ4n) is 2.44. The second-order valence-corrected chi connectivity index (χ2v) is 4.37. The molecule has 1 amide bonds. The van der Waals surface area contributed by atoms with Crippen LogP contribution in [0.25, 0.3) is 0 Å². The van der Waals surface area contributed by atoms with Crippen molar-refractivity contribution in [3.63, 3.8) is 0 Å². The van der Waals surface area contributed by atoms with Crippen LogP contribution in [0.1, 0.15) is 32.1 Å². The fraction of sp³-hybridized carbons (Fsp3) is 0.909. The lowest BCUT2D eigenvalue weighted by Gasteiger charge is -2.35. The molecule has 0 aromatic rings. The number of carbonyl (C=O) groups excluding carboxylic acids is 1. The summed E-state index contributed by atoms with van der Waals surface area (Å²) in [6.45, 7) is 1.57. The number of piperidine rings is 1. The van der Waals surface area contributed by atoms with Crippen LogP contribution in [-0.4, -0.2) is 47.8 Å². The van der Waals surface area contributed by atoms with E-state index in [4.69, 9.17) is 4.74 Å². The molecule has 0 spiro atoms. The number of hydrogen-bond acceptors (Lipinski definition) is 3. The maximum Gasteiger partial charge on any atom is 0.252 e. The number of ether oxygens (including phenoxy) is 1. The Hall–Kier alpha value is -0.610. The van der Waals surface area contributed by atoms with E-state index in [0.29, 0.717) is 6.61 Å². The molecule has 2 aliphatic rings. The van der Waals surface area contributed by atoms with Crippen molar-refractivity contribution in [1.29, 1.82) is 0 Å². The number of aliphatic hydroxyl groups excluding tert-OH is 1. The molecule has 2 aliphatic heterocycles. The van der Waals surface area contributed by atoms with Crippen LogP contribution in [0.5, 0.6) is 0 Å². The van der Waals surface area contributed by atoms with Gasteiger partial charge in [-0.25, -0.2) is 0 Å². The minimum atomic E-state index is -0.239. The van der Waals surface area contributed by atoms with Gasteiger partial charge in [-0.05, 0) is 32.1 Å². The Labute approximate surface area is 90.2 Å². The Morgan fingerprint density at radius 1 is 1.33 bits per heavy atom. The largest absolute Gasteiger partial charge is 0.394 e. The maximum absolute atomic E-state index is 12.1. The third-order valence-corrected chi connectivity index (χ3v) is 3.33. The van der Waals surface area contributed by atoms with E-state index in [9.17, 15) is 9.90 Å². The zero-order valence-electron chi connectivity index (χ0n) is 9.02. The third-order valence-electron chi connectivity index (χ3n) is 3.33. The van der Waals surface area contributed by atoms with E-state index in [0.717, 1.165) is 38.6 Å². The highest BCUT2D eigenvalue weighted by atomic mass is 16.5. The first-order valence-corrected chi connectivity index (χ1v) is 5.86. The Bertz CT molecular complexity index is 226. The molecule has 86 valence electrons. The van der Waals surface area contributed by atoms with Crippen LogP contribution in [0.4, 0.5) is 0 Å². The topological polar surface area (TPSA) is 49.8 Å². The average Bonchev–Trinajstić information content (AvgIpc) is 2.81. The predicted molar refractivity (Wildman–Crippen MR) is 55.4 cm³/mol. The van der Waals surface area contributed by atoms with Crippen molar-refractivity contribution in [3.05, 3.63) is 0 Å². The minimum absolute atomic E-state index is 0.0236. The van der Waals surface area contributed by atoms with Crippen molar-refractivity contribution in [2.45, 2.75) is 44.2 Å². The molecule has 0 aliphatic carbocycles. The summed E-state index contributed by atoms with van der Waals surface area (Å²) < 4.78 is 5.39. The number of rotatable bonds is 2. The molecular formula is C11H19NO3. The Morgan fingerprint density at radius 3 is 2.87 bits per heavy atom. The van der Waals surface area contributed by atoms with Gasteiger partial charge in [-0.15, -0.1) is 0 Å². The summed E-state index contributed by atoms with van der Waals surface area (Å²) in [7, 11) is 0. The highest BCUT2D eigenvalue weighted by Gasteiger charge is 2.33. The molecule has 15 heavy (non-hydrogen) atoms. The van der Waals surface area contributed by atoms with Gasteiger partial charge in [0.1, 0.15) is 6.10 Å². The van der Waals surface area contributed by atoms with Gasteiger partial charge in [0, 0.05) is 13.2 Å².